The van der Waals surface area contributed by atoms with Crippen molar-refractivity contribution in [3.8, 4) is 0 Å². The van der Waals surface area contributed by atoms with Gasteiger partial charge in [-0.15, -0.1) is 0 Å². The molecule has 3 nitrogen and oxygen atoms in total. The van der Waals surface area contributed by atoms with E-state index in [9.17, 15) is 4.39 Å². The molecule has 0 bridgehead atoms. The maximum atomic E-state index is 13.8. The number of benzene rings is 1. The van der Waals surface area contributed by atoms with Crippen molar-refractivity contribution in [2.24, 2.45) is 5.73 Å². The van der Waals surface area contributed by atoms with Gasteiger partial charge in [0.1, 0.15) is 5.82 Å². The molecule has 1 aliphatic heterocycles. The highest BCUT2D eigenvalue weighted by Crippen LogP contribution is 2.26. The Morgan fingerprint density at radius 3 is 2.61 bits per heavy atom. The number of piperidine rings is 1. The molecule has 0 saturated carbocycles. The lowest BCUT2D eigenvalue weighted by atomic mass is 10.00. The van der Waals surface area contributed by atoms with Crippen LogP contribution in [-0.2, 0) is 4.74 Å². The first-order valence-electron chi connectivity index (χ1n) is 6.47. The molecule has 1 aliphatic rings. The van der Waals surface area contributed by atoms with Crippen molar-refractivity contribution in [1.29, 1.82) is 0 Å². The Labute approximate surface area is 108 Å². The highest BCUT2D eigenvalue weighted by atomic mass is 19.1. The lowest BCUT2D eigenvalue weighted by Gasteiger charge is -2.36. The topological polar surface area (TPSA) is 38.5 Å². The van der Waals surface area contributed by atoms with Gasteiger partial charge in [0, 0.05) is 38.3 Å². The average Bonchev–Trinajstić information content (AvgIpc) is 2.42. The van der Waals surface area contributed by atoms with Gasteiger partial charge < -0.3 is 10.5 Å². The molecule has 1 unspecified atom stereocenters. The number of nitrogens with zero attached hydrogens (tertiary/aromatic N) is 1. The maximum absolute atomic E-state index is 13.8. The number of likely N-dealkylation sites (tertiary alicyclic amines) is 1. The van der Waals surface area contributed by atoms with E-state index >= 15 is 0 Å². The van der Waals surface area contributed by atoms with Gasteiger partial charge >= 0.3 is 0 Å². The van der Waals surface area contributed by atoms with E-state index in [0.29, 0.717) is 18.2 Å². The van der Waals surface area contributed by atoms with Crippen LogP contribution >= 0.6 is 0 Å². The van der Waals surface area contributed by atoms with Crippen molar-refractivity contribution in [2.75, 3.05) is 26.7 Å². The van der Waals surface area contributed by atoms with Crippen LogP contribution in [0, 0.1) is 5.82 Å². The van der Waals surface area contributed by atoms with E-state index in [1.807, 2.05) is 12.1 Å². The summed E-state index contributed by atoms with van der Waals surface area (Å²) in [6.45, 7) is 2.27. The molecule has 0 amide bonds. The molecule has 1 fully saturated rings. The standard InChI is InChI=1S/C14H21FN2O/c1-18-11-6-8-17(9-7-11)14(10-16)12-4-2-3-5-13(12)15/h2-5,11,14H,6-10,16H2,1H3. The predicted octanol–water partition coefficient (Wildman–Crippen LogP) is 1.94. The third-order valence-corrected chi connectivity index (χ3v) is 3.74. The quantitative estimate of drug-likeness (QED) is 0.890. The summed E-state index contributed by atoms with van der Waals surface area (Å²) in [6, 6.07) is 6.88. The van der Waals surface area contributed by atoms with Crippen molar-refractivity contribution >= 4 is 0 Å². The van der Waals surface area contributed by atoms with Gasteiger partial charge in [-0.3, -0.25) is 4.90 Å². The zero-order chi connectivity index (χ0) is 13.0. The number of rotatable bonds is 4. The van der Waals surface area contributed by atoms with Crippen LogP contribution in [0.5, 0.6) is 0 Å². The van der Waals surface area contributed by atoms with Gasteiger partial charge in [-0.1, -0.05) is 18.2 Å². The fourth-order valence-electron chi connectivity index (χ4n) is 2.64. The molecule has 0 spiro atoms. The summed E-state index contributed by atoms with van der Waals surface area (Å²) in [5, 5.41) is 0. The minimum absolute atomic E-state index is 0.0241. The first-order chi connectivity index (χ1) is 8.76. The van der Waals surface area contributed by atoms with Crippen molar-refractivity contribution < 1.29 is 9.13 Å². The highest BCUT2D eigenvalue weighted by Gasteiger charge is 2.26. The summed E-state index contributed by atoms with van der Waals surface area (Å²) < 4.78 is 19.2. The SMILES string of the molecule is COC1CCN(C(CN)c2ccccc2F)CC1. The Balaban J connectivity index is 2.08. The minimum Gasteiger partial charge on any atom is -0.381 e. The van der Waals surface area contributed by atoms with E-state index in [-0.39, 0.29) is 11.9 Å². The predicted molar refractivity (Wildman–Crippen MR) is 69.8 cm³/mol. The van der Waals surface area contributed by atoms with Crippen molar-refractivity contribution in [3.63, 3.8) is 0 Å². The minimum atomic E-state index is -0.165. The van der Waals surface area contributed by atoms with Gasteiger partial charge in [-0.2, -0.15) is 0 Å². The van der Waals surface area contributed by atoms with Gasteiger partial charge in [0.15, 0.2) is 0 Å². The number of ether oxygens (including phenoxy) is 1. The number of halogens is 1. The molecule has 1 aromatic carbocycles. The lowest BCUT2D eigenvalue weighted by molar-refractivity contribution is 0.0275. The van der Waals surface area contributed by atoms with E-state index in [1.165, 1.54) is 6.07 Å². The van der Waals surface area contributed by atoms with Crippen molar-refractivity contribution in [3.05, 3.63) is 35.6 Å². The largest absolute Gasteiger partial charge is 0.381 e. The van der Waals surface area contributed by atoms with Crippen molar-refractivity contribution in [2.45, 2.75) is 25.0 Å². The molecule has 100 valence electrons. The van der Waals surface area contributed by atoms with E-state index < -0.39 is 0 Å². The fourth-order valence-corrected chi connectivity index (χ4v) is 2.64. The Morgan fingerprint density at radius 1 is 1.39 bits per heavy atom. The van der Waals surface area contributed by atoms with Gasteiger partial charge in [0.2, 0.25) is 0 Å². The smallest absolute Gasteiger partial charge is 0.128 e. The second kappa shape index (κ2) is 6.27. The zero-order valence-electron chi connectivity index (χ0n) is 10.8. The van der Waals surface area contributed by atoms with Gasteiger partial charge in [0.25, 0.3) is 0 Å². The van der Waals surface area contributed by atoms with Crippen molar-refractivity contribution in [1.82, 2.24) is 4.90 Å². The third kappa shape index (κ3) is 2.88. The molecule has 4 heteroatoms. The Bertz CT molecular complexity index is 378. The Morgan fingerprint density at radius 2 is 2.06 bits per heavy atom. The monoisotopic (exact) mass is 252 g/mol. The van der Waals surface area contributed by atoms with Crippen LogP contribution in [0.4, 0.5) is 4.39 Å². The summed E-state index contributed by atoms with van der Waals surface area (Å²) in [4.78, 5) is 2.26. The number of nitrogens with two attached hydrogens (primary N) is 1. The average molecular weight is 252 g/mol. The number of hydrogen-bond acceptors (Lipinski definition) is 3. The molecule has 1 aromatic rings. The molecule has 1 heterocycles. The molecule has 2 rings (SSSR count). The highest BCUT2D eigenvalue weighted by molar-refractivity contribution is 5.21. The second-order valence-electron chi connectivity index (χ2n) is 4.74. The van der Waals surface area contributed by atoms with E-state index in [0.717, 1.165) is 25.9 Å². The molecule has 1 saturated heterocycles. The second-order valence-corrected chi connectivity index (χ2v) is 4.74. The van der Waals surface area contributed by atoms with Gasteiger partial charge in [0.05, 0.1) is 6.10 Å². The Hall–Kier alpha value is -0.970. The Kier molecular flexibility index (Phi) is 4.69. The van der Waals surface area contributed by atoms with Crippen LogP contribution in [0.15, 0.2) is 24.3 Å². The summed E-state index contributed by atoms with van der Waals surface area (Å²) in [7, 11) is 1.75. The van der Waals surface area contributed by atoms with E-state index in [1.54, 1.807) is 13.2 Å². The summed E-state index contributed by atoms with van der Waals surface area (Å²) in [5.41, 5.74) is 6.54. The summed E-state index contributed by atoms with van der Waals surface area (Å²) in [6.07, 6.45) is 2.31. The molecule has 0 aromatic heterocycles. The van der Waals surface area contributed by atoms with E-state index in [4.69, 9.17) is 10.5 Å². The molecule has 0 aliphatic carbocycles. The summed E-state index contributed by atoms with van der Waals surface area (Å²) in [5.74, 6) is -0.165. The normalized spacial score (nSPS) is 19.9. The van der Waals surface area contributed by atoms with Gasteiger partial charge in [-0.25, -0.2) is 4.39 Å². The fraction of sp³-hybridized carbons (Fsp3) is 0.571. The zero-order valence-corrected chi connectivity index (χ0v) is 10.8. The van der Waals surface area contributed by atoms with Crippen LogP contribution in [0.2, 0.25) is 0 Å². The molecule has 0 radical (unpaired) electrons. The third-order valence-electron chi connectivity index (χ3n) is 3.74. The lowest BCUT2D eigenvalue weighted by Crippen LogP contribution is -2.41. The van der Waals surface area contributed by atoms with Crippen LogP contribution in [-0.4, -0.2) is 37.7 Å². The summed E-state index contributed by atoms with van der Waals surface area (Å²) >= 11 is 0. The number of methoxy groups -OCH3 is 1. The first kappa shape index (κ1) is 13.5. The molecule has 1 atom stereocenters. The van der Waals surface area contributed by atoms with Crippen LogP contribution < -0.4 is 5.73 Å². The van der Waals surface area contributed by atoms with E-state index in [2.05, 4.69) is 4.90 Å². The van der Waals surface area contributed by atoms with Crippen LogP contribution in [0.1, 0.15) is 24.4 Å². The number of hydrogen-bond donors (Lipinski definition) is 1. The molecule has 2 N–H and O–H groups in total. The van der Waals surface area contributed by atoms with Crippen LogP contribution in [0.3, 0.4) is 0 Å². The molecule has 18 heavy (non-hydrogen) atoms. The first-order valence-corrected chi connectivity index (χ1v) is 6.47. The molecular formula is C14H21FN2O. The maximum Gasteiger partial charge on any atom is 0.128 e. The molecular weight excluding hydrogens is 231 g/mol. The van der Waals surface area contributed by atoms with Crippen LogP contribution in [0.25, 0.3) is 0 Å². The van der Waals surface area contributed by atoms with Gasteiger partial charge in [-0.05, 0) is 18.9 Å².